The summed E-state index contributed by atoms with van der Waals surface area (Å²) >= 11 is 0. The van der Waals surface area contributed by atoms with Gasteiger partial charge in [0.25, 0.3) is 0 Å². The van der Waals surface area contributed by atoms with Crippen LogP contribution in [-0.4, -0.2) is 31.1 Å². The van der Waals surface area contributed by atoms with Crippen LogP contribution in [0.25, 0.3) is 0 Å². The van der Waals surface area contributed by atoms with E-state index in [-0.39, 0.29) is 6.42 Å². The van der Waals surface area contributed by atoms with Gasteiger partial charge in [0.2, 0.25) is 0 Å². The van der Waals surface area contributed by atoms with Crippen molar-refractivity contribution in [1.82, 2.24) is 0 Å². The SMILES string of the molecule is CCCCCCCCC=C[N+](C)(C)CCC(=O)[O-]. The Bertz CT molecular complexity index is 247. The van der Waals surface area contributed by atoms with Crippen molar-refractivity contribution in [3.63, 3.8) is 0 Å². The molecule has 0 fully saturated rings. The summed E-state index contributed by atoms with van der Waals surface area (Å²) in [6.07, 6.45) is 13.4. The number of quaternary nitrogens is 1. The highest BCUT2D eigenvalue weighted by atomic mass is 16.4. The molecule has 0 heterocycles. The van der Waals surface area contributed by atoms with Crippen molar-refractivity contribution in [2.45, 2.75) is 58.3 Å². The molecule has 0 unspecified atom stereocenters. The molecule has 0 aliphatic rings. The zero-order valence-corrected chi connectivity index (χ0v) is 12.3. The van der Waals surface area contributed by atoms with Crippen LogP contribution < -0.4 is 5.11 Å². The van der Waals surface area contributed by atoms with Crippen LogP contribution in [0.4, 0.5) is 0 Å². The average Bonchev–Trinajstić information content (AvgIpc) is 2.30. The van der Waals surface area contributed by atoms with E-state index >= 15 is 0 Å². The number of unbranched alkanes of at least 4 members (excludes halogenated alkanes) is 6. The maximum absolute atomic E-state index is 10.4. The van der Waals surface area contributed by atoms with Crippen molar-refractivity contribution >= 4 is 5.97 Å². The van der Waals surface area contributed by atoms with Crippen molar-refractivity contribution in [3.8, 4) is 0 Å². The van der Waals surface area contributed by atoms with Gasteiger partial charge in [-0.25, -0.2) is 0 Å². The predicted molar refractivity (Wildman–Crippen MR) is 73.7 cm³/mol. The number of carboxylic acids is 1. The lowest BCUT2D eigenvalue weighted by molar-refractivity contribution is -0.838. The van der Waals surface area contributed by atoms with Gasteiger partial charge in [0, 0.05) is 12.4 Å². The van der Waals surface area contributed by atoms with Crippen LogP contribution in [0.5, 0.6) is 0 Å². The zero-order valence-electron chi connectivity index (χ0n) is 12.3. The predicted octanol–water partition coefficient (Wildman–Crippen LogP) is 2.47. The minimum atomic E-state index is -0.967. The fraction of sp³-hybridized carbons (Fsp3) is 0.800. The van der Waals surface area contributed by atoms with Crippen molar-refractivity contribution in [2.75, 3.05) is 20.6 Å². The molecule has 0 aromatic heterocycles. The molecule has 0 aromatic rings. The highest BCUT2D eigenvalue weighted by molar-refractivity contribution is 5.64. The Morgan fingerprint density at radius 3 is 2.33 bits per heavy atom. The highest BCUT2D eigenvalue weighted by Crippen LogP contribution is 2.08. The van der Waals surface area contributed by atoms with E-state index in [1.54, 1.807) is 0 Å². The van der Waals surface area contributed by atoms with Gasteiger partial charge in [-0.3, -0.25) is 0 Å². The molecular formula is C15H29NO2. The number of rotatable bonds is 11. The quantitative estimate of drug-likeness (QED) is 0.420. The molecule has 0 amide bonds. The van der Waals surface area contributed by atoms with Crippen LogP contribution >= 0.6 is 0 Å². The number of aliphatic carboxylic acids is 1. The first-order valence-electron chi connectivity index (χ1n) is 7.18. The van der Waals surface area contributed by atoms with Crippen molar-refractivity contribution < 1.29 is 14.4 Å². The molecule has 3 heteroatoms. The topological polar surface area (TPSA) is 40.1 Å². The third-order valence-electron chi connectivity index (χ3n) is 3.13. The van der Waals surface area contributed by atoms with E-state index in [2.05, 4.69) is 19.2 Å². The van der Waals surface area contributed by atoms with Gasteiger partial charge >= 0.3 is 0 Å². The van der Waals surface area contributed by atoms with Gasteiger partial charge in [-0.15, -0.1) is 0 Å². The second-order valence-electron chi connectivity index (χ2n) is 5.57. The lowest BCUT2D eigenvalue weighted by Gasteiger charge is -2.25. The Balaban J connectivity index is 3.57. The van der Waals surface area contributed by atoms with E-state index in [1.807, 2.05) is 14.1 Å². The molecule has 0 N–H and O–H groups in total. The van der Waals surface area contributed by atoms with E-state index in [1.165, 1.54) is 38.5 Å². The van der Waals surface area contributed by atoms with Gasteiger partial charge in [0.1, 0.15) is 0 Å². The number of allylic oxidation sites excluding steroid dienone is 1. The van der Waals surface area contributed by atoms with Crippen LogP contribution in [0.2, 0.25) is 0 Å². The Labute approximate surface area is 112 Å². The van der Waals surface area contributed by atoms with Crippen molar-refractivity contribution in [1.29, 1.82) is 0 Å². The van der Waals surface area contributed by atoms with Gasteiger partial charge in [0.05, 0.1) is 26.8 Å². The standard InChI is InChI=1S/C15H29NO2/c1-4-5-6-7-8-9-10-11-13-16(2,3)14-12-15(17)18/h11,13H,4-10,12,14H2,1-3H3. The van der Waals surface area contributed by atoms with Gasteiger partial charge < -0.3 is 14.4 Å². The van der Waals surface area contributed by atoms with E-state index in [0.29, 0.717) is 11.0 Å². The minimum Gasteiger partial charge on any atom is -0.550 e. The molecule has 0 saturated carbocycles. The van der Waals surface area contributed by atoms with E-state index < -0.39 is 5.97 Å². The van der Waals surface area contributed by atoms with E-state index in [9.17, 15) is 9.90 Å². The molecule has 0 rings (SSSR count). The molecule has 106 valence electrons. The molecule has 0 aliphatic carbocycles. The smallest absolute Gasteiger partial charge is 0.0913 e. The average molecular weight is 255 g/mol. The fourth-order valence-electron chi connectivity index (χ4n) is 1.86. The maximum atomic E-state index is 10.4. The summed E-state index contributed by atoms with van der Waals surface area (Å²) < 4.78 is 0.615. The Morgan fingerprint density at radius 1 is 1.11 bits per heavy atom. The van der Waals surface area contributed by atoms with Gasteiger partial charge in [0.15, 0.2) is 0 Å². The number of carbonyl (C=O) groups is 1. The molecule has 3 nitrogen and oxygen atoms in total. The first-order valence-corrected chi connectivity index (χ1v) is 7.18. The number of hydrogen-bond acceptors (Lipinski definition) is 2. The second kappa shape index (κ2) is 10.1. The van der Waals surface area contributed by atoms with Crippen LogP contribution in [-0.2, 0) is 4.79 Å². The Kier molecular flexibility index (Phi) is 9.66. The molecule has 0 radical (unpaired) electrons. The molecular weight excluding hydrogens is 226 g/mol. The maximum Gasteiger partial charge on any atom is 0.0913 e. The Morgan fingerprint density at radius 2 is 1.72 bits per heavy atom. The van der Waals surface area contributed by atoms with Gasteiger partial charge in [-0.2, -0.15) is 0 Å². The van der Waals surface area contributed by atoms with Crippen LogP contribution in [0, 0.1) is 0 Å². The first kappa shape index (κ1) is 17.2. The molecule has 0 spiro atoms. The van der Waals surface area contributed by atoms with Gasteiger partial charge in [-0.05, 0) is 18.9 Å². The summed E-state index contributed by atoms with van der Waals surface area (Å²) in [6.45, 7) is 2.82. The number of carboxylic acid groups (broad SMARTS) is 1. The minimum absolute atomic E-state index is 0.119. The monoisotopic (exact) mass is 255 g/mol. The summed E-state index contributed by atoms with van der Waals surface area (Å²) in [5, 5.41) is 10.4. The summed E-state index contributed by atoms with van der Waals surface area (Å²) in [7, 11) is 4.03. The molecule has 0 saturated heterocycles. The lowest BCUT2D eigenvalue weighted by atomic mass is 10.1. The number of carbonyl (C=O) groups excluding carboxylic acids is 1. The fourth-order valence-corrected chi connectivity index (χ4v) is 1.86. The van der Waals surface area contributed by atoms with Crippen molar-refractivity contribution in [2.24, 2.45) is 0 Å². The third kappa shape index (κ3) is 11.6. The molecule has 0 atom stereocenters. The lowest BCUT2D eigenvalue weighted by Crippen LogP contribution is -2.37. The zero-order chi connectivity index (χ0) is 13.9. The third-order valence-corrected chi connectivity index (χ3v) is 3.13. The number of hydrogen-bond donors (Lipinski definition) is 0. The van der Waals surface area contributed by atoms with Crippen LogP contribution in [0.1, 0.15) is 58.3 Å². The summed E-state index contributed by atoms with van der Waals surface area (Å²) in [6, 6.07) is 0. The van der Waals surface area contributed by atoms with Gasteiger partial charge in [-0.1, -0.05) is 39.0 Å². The molecule has 18 heavy (non-hydrogen) atoms. The van der Waals surface area contributed by atoms with E-state index in [4.69, 9.17) is 0 Å². The largest absolute Gasteiger partial charge is 0.550 e. The summed E-state index contributed by atoms with van der Waals surface area (Å²) in [5.74, 6) is -0.967. The highest BCUT2D eigenvalue weighted by Gasteiger charge is 2.09. The Hall–Kier alpha value is -0.830. The van der Waals surface area contributed by atoms with Crippen LogP contribution in [0.15, 0.2) is 12.3 Å². The molecule has 0 aliphatic heterocycles. The summed E-state index contributed by atoms with van der Waals surface area (Å²) in [5.41, 5.74) is 0. The van der Waals surface area contributed by atoms with E-state index in [0.717, 1.165) is 6.42 Å². The molecule has 0 bridgehead atoms. The normalized spacial score (nSPS) is 12.2. The van der Waals surface area contributed by atoms with Crippen LogP contribution in [0.3, 0.4) is 0 Å². The van der Waals surface area contributed by atoms with Crippen molar-refractivity contribution in [3.05, 3.63) is 12.3 Å². The molecule has 0 aromatic carbocycles. The summed E-state index contributed by atoms with van der Waals surface area (Å²) in [4.78, 5) is 10.4. The first-order chi connectivity index (χ1) is 8.48. The number of nitrogens with zero attached hydrogens (tertiary/aromatic N) is 1. The second-order valence-corrected chi connectivity index (χ2v) is 5.57.